The third kappa shape index (κ3) is 47.8. The Labute approximate surface area is 823 Å². The number of carbonyl (C=O) groups excluding carboxylic acids is 8. The lowest BCUT2D eigenvalue weighted by atomic mass is 9.92. The maximum absolute atomic E-state index is 14.6. The molecule has 0 saturated carbocycles. The van der Waals surface area contributed by atoms with Crippen molar-refractivity contribution >= 4 is 76.1 Å². The number of methoxy groups -OCH3 is 1. The van der Waals surface area contributed by atoms with E-state index in [1.165, 1.54) is 7.11 Å². The summed E-state index contributed by atoms with van der Waals surface area (Å²) in [6.45, 7) is 2.89. The van der Waals surface area contributed by atoms with Gasteiger partial charge in [-0.2, -0.15) is 0 Å². The Kier molecular flexibility index (Phi) is 64.7. The van der Waals surface area contributed by atoms with Crippen LogP contribution in [0, 0.1) is 17.8 Å². The van der Waals surface area contributed by atoms with Gasteiger partial charge in [0.25, 0.3) is 15.6 Å². The third-order valence-corrected chi connectivity index (χ3v) is 27.7. The highest BCUT2D eigenvalue weighted by molar-refractivity contribution is 7.57. The van der Waals surface area contributed by atoms with Crippen molar-refractivity contribution in [1.82, 2.24) is 15.5 Å². The molecule has 0 aromatic heterocycles. The van der Waals surface area contributed by atoms with Gasteiger partial charge in [-0.1, -0.05) is 54.8 Å². The summed E-state index contributed by atoms with van der Waals surface area (Å²) in [4.78, 5) is 148. The van der Waals surface area contributed by atoms with Crippen LogP contribution in [0.15, 0.2) is 0 Å². The van der Waals surface area contributed by atoms with Gasteiger partial charge in [-0.3, -0.25) is 47.5 Å². The van der Waals surface area contributed by atoms with Crippen LogP contribution in [0.2, 0.25) is 0 Å². The minimum Gasteiger partial charge on any atom is -0.789 e. The summed E-state index contributed by atoms with van der Waals surface area (Å²) in [6, 6.07) is -1.20. The number of nitrogens with one attached hydrogen (secondary N) is 2. The highest BCUT2D eigenvalue weighted by Crippen LogP contribution is 2.49. The van der Waals surface area contributed by atoms with Gasteiger partial charge in [0, 0.05) is 157 Å². The van der Waals surface area contributed by atoms with Crippen LogP contribution in [-0.2, 0) is 136 Å². The van der Waals surface area contributed by atoms with E-state index in [1.807, 2.05) is 0 Å². The van der Waals surface area contributed by atoms with Gasteiger partial charge >= 0.3 is 0 Å². The largest absolute Gasteiger partial charge is 0.789 e. The molecule has 6 rings (SSSR count). The molecule has 820 valence electrons. The van der Waals surface area contributed by atoms with E-state index >= 15 is 0 Å². The predicted molar refractivity (Wildman–Crippen MR) is 497 cm³/mol. The number of unbranched alkanes of at least 4 members (excludes halogenated alkanes) is 8. The topological polar surface area (TPSA) is 665 Å². The van der Waals surface area contributed by atoms with Crippen molar-refractivity contribution in [2.24, 2.45) is 17.8 Å². The second-order valence-electron chi connectivity index (χ2n) is 36.0. The van der Waals surface area contributed by atoms with Crippen LogP contribution in [0.1, 0.15) is 229 Å². The number of ether oxygens (including phenoxy) is 13. The van der Waals surface area contributed by atoms with E-state index in [4.69, 9.17) is 93.8 Å². The first-order valence-corrected chi connectivity index (χ1v) is 52.7. The molecule has 140 heavy (non-hydrogen) atoms. The maximum Gasteiger partial charge on any atom is 0.268 e. The van der Waals surface area contributed by atoms with Crippen LogP contribution in [-0.4, -0.2) is 395 Å². The van der Waals surface area contributed by atoms with E-state index in [0.717, 1.165) is 19.1 Å². The predicted octanol–water partition coefficient (Wildman–Crippen LogP) is 1.07. The molecule has 0 aromatic rings. The highest BCUT2D eigenvalue weighted by Gasteiger charge is 2.50. The van der Waals surface area contributed by atoms with Gasteiger partial charge < -0.3 is 175 Å². The van der Waals surface area contributed by atoms with Crippen LogP contribution in [0.25, 0.3) is 0 Å². The molecule has 13 N–H and O–H groups in total. The number of hydrogen-bond acceptors (Lipinski definition) is 43. The maximum atomic E-state index is 14.6. The molecule has 27 atom stereocenters. The number of aliphatic hydroxyl groups is 11. The average Bonchev–Trinajstić information content (AvgIpc) is 1.62. The molecule has 6 heterocycles. The molecule has 6 saturated heterocycles. The molecule has 49 heteroatoms. The summed E-state index contributed by atoms with van der Waals surface area (Å²) >= 11 is 0. The van der Waals surface area contributed by atoms with Crippen molar-refractivity contribution in [2.45, 2.75) is 363 Å². The molecule has 0 radical (unpaired) electrons. The second-order valence-corrected chi connectivity index (χ2v) is 40.6. The fourth-order valence-corrected chi connectivity index (χ4v) is 18.8. The monoisotopic (exact) mass is 2080 g/mol. The van der Waals surface area contributed by atoms with Crippen LogP contribution < -0.4 is 25.3 Å². The molecule has 0 aliphatic carbocycles. The number of hydrogen-bond donors (Lipinski definition) is 13. The molecular formula is C91H165N3O43P3-3. The first-order chi connectivity index (χ1) is 65.7. The van der Waals surface area contributed by atoms with Crippen molar-refractivity contribution in [3.8, 4) is 0 Å². The lowest BCUT2D eigenvalue weighted by molar-refractivity contribution is -0.282. The zero-order valence-electron chi connectivity index (χ0n) is 81.1. The molecule has 46 nitrogen and oxygen atoms in total. The van der Waals surface area contributed by atoms with E-state index < -0.39 is 265 Å². The van der Waals surface area contributed by atoms with E-state index in [9.17, 15) is 113 Å². The molecule has 9 unspecified atom stereocenters. The smallest absolute Gasteiger partial charge is 0.268 e. The Balaban J connectivity index is 0.0000125. The van der Waals surface area contributed by atoms with Crippen molar-refractivity contribution in [1.29, 1.82) is 0 Å². The minimum atomic E-state index is -5.43. The van der Waals surface area contributed by atoms with Crippen molar-refractivity contribution in [3.63, 3.8) is 0 Å². The number of carbonyl (C=O) groups is 8. The quantitative estimate of drug-likeness (QED) is 0.0230. The van der Waals surface area contributed by atoms with Gasteiger partial charge in [0.05, 0.1) is 141 Å². The van der Waals surface area contributed by atoms with Gasteiger partial charge in [0.2, 0.25) is 17.7 Å². The SMILES string of the molecule is C.C.C=P([O-])(OC)OC[C@H]1O[C@@H](C)[C@H](OCCOC)[C@@H]1OP(=O)([O-])OC[C@H]1O[C@@H](C)C[C@@H]1OP(=O)([O-])OC[C@@H]1C[C@@H](O)CN1C(=O)CC(=O)NC(COCCC(=O)CCCCCC(=O)CCCCO[C@@H]1OC(CO)[C@H](O)[C@H](O)C1C)(COCCC(=O)CCCCCC(=O)CCCCO[C@@H]1OC(CO)[C@H](O)[C@H](O)C1C)COCCC(=O)NCCCCC(=O)CCCCO[C@@H]1OC(CO)[C@H](O)[C@H](O)C1C.CO. The van der Waals surface area contributed by atoms with E-state index in [0.29, 0.717) is 89.9 Å². The molecule has 6 aliphatic rings. The summed E-state index contributed by atoms with van der Waals surface area (Å²) in [5.74, 6) is -4.37. The van der Waals surface area contributed by atoms with Crippen molar-refractivity contribution in [3.05, 3.63) is 0 Å². The Morgan fingerprint density at radius 3 is 1.26 bits per heavy atom. The number of nitrogens with zero attached hydrogens (tertiary/aromatic N) is 1. The molecule has 0 spiro atoms. The lowest BCUT2D eigenvalue weighted by Gasteiger charge is -2.40. The summed E-state index contributed by atoms with van der Waals surface area (Å²) in [5.41, 5.74) is -1.75. The van der Waals surface area contributed by atoms with Crippen molar-refractivity contribution in [2.75, 3.05) is 147 Å². The summed E-state index contributed by atoms with van der Waals surface area (Å²) in [5, 5.41) is 114. The Morgan fingerprint density at radius 1 is 0.436 bits per heavy atom. The van der Waals surface area contributed by atoms with Crippen LogP contribution in [0.5, 0.6) is 0 Å². The highest BCUT2D eigenvalue weighted by atomic mass is 31.2. The van der Waals surface area contributed by atoms with Gasteiger partial charge in [0.15, 0.2) is 18.9 Å². The lowest BCUT2D eigenvalue weighted by Crippen LogP contribution is -2.59. The number of β-amino-alcohol motifs (C(OH)–C–C–N with tert-alkyl or cyclic N) is 1. The van der Waals surface area contributed by atoms with E-state index in [-0.39, 0.29) is 187 Å². The number of Topliss-reactive ketones (excluding diaryl/α,β-unsaturated/α-hetero) is 5. The van der Waals surface area contributed by atoms with Gasteiger partial charge in [-0.05, 0) is 97.3 Å². The van der Waals surface area contributed by atoms with Gasteiger partial charge in [0.1, 0.15) is 102 Å². The third-order valence-electron chi connectivity index (χ3n) is 24.7. The molecular weight excluding hydrogens is 1920 g/mol. The van der Waals surface area contributed by atoms with Crippen LogP contribution >= 0.6 is 23.2 Å². The normalized spacial score (nSPS) is 29.6. The van der Waals surface area contributed by atoms with E-state index in [2.05, 4.69) is 16.9 Å². The number of likely N-dealkylation sites (tertiary alicyclic amines) is 1. The number of amides is 3. The minimum absolute atomic E-state index is 0. The summed E-state index contributed by atoms with van der Waals surface area (Å²) in [7, 11) is -11.1. The number of aliphatic hydroxyl groups excluding tert-OH is 11. The van der Waals surface area contributed by atoms with E-state index in [1.54, 1.807) is 34.6 Å². The van der Waals surface area contributed by atoms with Gasteiger partial charge in [-0.15, -0.1) is 0 Å². The zero-order valence-corrected chi connectivity index (χ0v) is 83.8. The number of phosphoric ester groups is 2. The fourth-order valence-electron chi connectivity index (χ4n) is 16.4. The standard InChI is InChI=1S/C88H155N3O42P3.CH4O.2CH4/c1-56-43-68(72(127-56)51-126-136(113,114)133-84-73(52-124-134(8,110)116-7)128-60(5)83(84)120-42-41-115-6)132-135(111,112)125-50-61-44-67(100)46-91(61)76(103)45-75(102)90-88(53-117-38-31-65(98)25-13-9-11-23-62(95)28-16-20-35-121-85-57(2)77(104)80(107)69(47-92)129-85,54-118-39-32-66(99)26-14-10-12-24-63(96)29-17-21-36-122-86-58(3)78(105)81(108)70(48-93)130-86)55-119-40-33-74(101)89-34-19-15-27-64(97)30-18-22-37-123-87-59(4)79(106)82(109)71(49-94)131-87;1-2;;/h56-61,67-73,77-87,92-94,100,104-109H,8-55H2,1-7H3,(H4-,89,90,101,102,110,111,112,113,114);2H,1H3;2*1H4/q-1;;;/p-2/t56-,57?,58?,59?,60-,61-,67+,68-,69?,70?,71?,72+,73+,77+,78+,79+,80-,81-,82-,83-,84+,85+,86+,87+,88?,134?;;;/m0.../s1. The Morgan fingerprint density at radius 2 is 0.836 bits per heavy atom. The second kappa shape index (κ2) is 69.5. The van der Waals surface area contributed by atoms with Gasteiger partial charge in [-0.25, -0.2) is 0 Å². The van der Waals surface area contributed by atoms with Crippen LogP contribution in [0.4, 0.5) is 0 Å². The summed E-state index contributed by atoms with van der Waals surface area (Å²) < 4.78 is 134. The number of rotatable bonds is 74. The number of ketones is 5. The van der Waals surface area contributed by atoms with Crippen LogP contribution in [0.3, 0.4) is 0 Å². The first kappa shape index (κ1) is 130. The van der Waals surface area contributed by atoms with Crippen molar-refractivity contribution < 1.29 is 207 Å². The molecule has 0 bridgehead atoms. The fraction of sp³-hybridized carbons (Fsp3) is 0.901. The molecule has 0 aromatic carbocycles. The molecule has 3 amide bonds. The molecule has 6 aliphatic heterocycles. The summed E-state index contributed by atoms with van der Waals surface area (Å²) in [6.07, 6.45) is -11.6. The zero-order chi connectivity index (χ0) is 102. The number of phosphoric acid groups is 2. The Bertz CT molecular complexity index is 3450. The Hall–Kier alpha value is -3.80. The molecule has 6 fully saturated rings. The average molecular weight is 2080 g/mol. The first-order valence-electron chi connectivity index (χ1n) is 48.1.